The van der Waals surface area contributed by atoms with Crippen molar-refractivity contribution in [3.63, 3.8) is 0 Å². The number of nitro benzene ring substituents is 1. The van der Waals surface area contributed by atoms with Gasteiger partial charge in [0.2, 0.25) is 11.8 Å². The molecule has 0 saturated heterocycles. The lowest BCUT2D eigenvalue weighted by atomic mass is 10.0. The number of hydrogen-bond donors (Lipinski definition) is 1. The van der Waals surface area contributed by atoms with E-state index in [1.165, 1.54) is 26.4 Å². The van der Waals surface area contributed by atoms with Gasteiger partial charge in [-0.2, -0.15) is 9.97 Å². The highest BCUT2D eigenvalue weighted by atomic mass is 79.9. The minimum atomic E-state index is -1.46. The van der Waals surface area contributed by atoms with Crippen LogP contribution in [0.1, 0.15) is 30.0 Å². The number of aliphatic hydroxyl groups is 1. The normalized spacial score (nSPS) is 11.9. The molecule has 1 unspecified atom stereocenters. The van der Waals surface area contributed by atoms with Gasteiger partial charge in [-0.05, 0) is 19.1 Å². The highest BCUT2D eigenvalue weighted by molar-refractivity contribution is 9.10. The Bertz CT molecular complexity index is 780. The summed E-state index contributed by atoms with van der Waals surface area (Å²) < 4.78 is 16.0. The van der Waals surface area contributed by atoms with Crippen molar-refractivity contribution >= 4 is 21.6 Å². The molecule has 2 aromatic rings. The maximum absolute atomic E-state index is 11.6. The van der Waals surface area contributed by atoms with E-state index in [2.05, 4.69) is 25.9 Å². The highest BCUT2D eigenvalue weighted by Crippen LogP contribution is 2.35. The molecule has 0 aliphatic heterocycles. The van der Waals surface area contributed by atoms with Crippen LogP contribution in [0.25, 0.3) is 0 Å². The molecule has 1 aromatic carbocycles. The third-order valence-electron chi connectivity index (χ3n) is 3.48. The first-order valence-electron chi connectivity index (χ1n) is 7.60. The lowest BCUT2D eigenvalue weighted by Crippen LogP contribution is -2.11. The first-order valence-corrected chi connectivity index (χ1v) is 8.40. The van der Waals surface area contributed by atoms with E-state index in [9.17, 15) is 15.2 Å². The van der Waals surface area contributed by atoms with Gasteiger partial charge in [-0.25, -0.2) is 0 Å². The fraction of sp³-hybridized carbons (Fsp3) is 0.375. The SMILES string of the molecule is CCOCc1cc(Br)cc(C(O)c2nc(OC)cc(OC)n2)c1[N+](=O)[O-]. The van der Waals surface area contributed by atoms with Crippen molar-refractivity contribution in [1.82, 2.24) is 9.97 Å². The highest BCUT2D eigenvalue weighted by Gasteiger charge is 2.29. The number of rotatable bonds is 8. The first-order chi connectivity index (χ1) is 12.4. The predicted molar refractivity (Wildman–Crippen MR) is 95.3 cm³/mol. The summed E-state index contributed by atoms with van der Waals surface area (Å²) in [6.07, 6.45) is -1.46. The number of ether oxygens (including phenoxy) is 3. The molecule has 0 saturated carbocycles. The van der Waals surface area contributed by atoms with Gasteiger partial charge in [0, 0.05) is 11.1 Å². The van der Waals surface area contributed by atoms with Gasteiger partial charge < -0.3 is 19.3 Å². The zero-order valence-corrected chi connectivity index (χ0v) is 16.0. The Morgan fingerprint density at radius 3 is 2.35 bits per heavy atom. The third kappa shape index (κ3) is 4.45. The molecule has 1 heterocycles. The smallest absolute Gasteiger partial charge is 0.281 e. The van der Waals surface area contributed by atoms with Gasteiger partial charge in [0.1, 0.15) is 6.10 Å². The van der Waals surface area contributed by atoms with Crippen LogP contribution in [-0.4, -0.2) is 40.8 Å². The standard InChI is InChI=1S/C16H18BrN3O6/c1-4-26-8-9-5-10(17)6-11(14(9)20(22)23)15(21)16-18-12(24-2)7-13(19-16)25-3/h5-7,15,21H,4,8H2,1-3H3. The zero-order chi connectivity index (χ0) is 19.3. The number of nitrogens with zero attached hydrogens (tertiary/aromatic N) is 3. The van der Waals surface area contributed by atoms with Crippen molar-refractivity contribution in [1.29, 1.82) is 0 Å². The summed E-state index contributed by atoms with van der Waals surface area (Å²) >= 11 is 3.31. The zero-order valence-electron chi connectivity index (χ0n) is 14.4. The van der Waals surface area contributed by atoms with Crippen molar-refractivity contribution in [2.45, 2.75) is 19.6 Å². The van der Waals surface area contributed by atoms with Crippen LogP contribution in [0.3, 0.4) is 0 Å². The molecule has 2 rings (SSSR count). The first kappa shape index (κ1) is 20.0. The van der Waals surface area contributed by atoms with Gasteiger partial charge in [-0.1, -0.05) is 15.9 Å². The average molecular weight is 428 g/mol. The van der Waals surface area contributed by atoms with E-state index in [0.29, 0.717) is 16.6 Å². The molecular weight excluding hydrogens is 410 g/mol. The quantitative estimate of drug-likeness (QED) is 0.504. The summed E-state index contributed by atoms with van der Waals surface area (Å²) in [5, 5.41) is 22.4. The molecule has 26 heavy (non-hydrogen) atoms. The number of hydrogen-bond acceptors (Lipinski definition) is 8. The number of nitro groups is 1. The maximum atomic E-state index is 11.6. The van der Waals surface area contributed by atoms with Gasteiger partial charge >= 0.3 is 0 Å². The van der Waals surface area contributed by atoms with Crippen molar-refractivity contribution in [3.05, 3.63) is 49.7 Å². The molecule has 1 aromatic heterocycles. The van der Waals surface area contributed by atoms with Crippen LogP contribution in [0.15, 0.2) is 22.7 Å². The molecule has 0 amide bonds. The predicted octanol–water partition coefficient (Wildman–Crippen LogP) is 2.78. The van der Waals surface area contributed by atoms with Crippen molar-refractivity contribution in [2.75, 3.05) is 20.8 Å². The number of methoxy groups -OCH3 is 2. The minimum Gasteiger partial charge on any atom is -0.481 e. The Labute approximate surface area is 158 Å². The Balaban J connectivity index is 2.59. The second-order valence-corrected chi connectivity index (χ2v) is 6.03. The molecule has 0 bridgehead atoms. The Morgan fingerprint density at radius 1 is 1.23 bits per heavy atom. The summed E-state index contributed by atoms with van der Waals surface area (Å²) in [6.45, 7) is 2.22. The summed E-state index contributed by atoms with van der Waals surface area (Å²) in [6, 6.07) is 4.47. The lowest BCUT2D eigenvalue weighted by Gasteiger charge is -2.15. The van der Waals surface area contributed by atoms with E-state index in [0.717, 1.165) is 0 Å². The second-order valence-electron chi connectivity index (χ2n) is 5.11. The number of benzene rings is 1. The van der Waals surface area contributed by atoms with Crippen molar-refractivity contribution in [3.8, 4) is 11.8 Å². The van der Waals surface area contributed by atoms with Crippen LogP contribution >= 0.6 is 15.9 Å². The summed E-state index contributed by atoms with van der Waals surface area (Å²) in [4.78, 5) is 19.2. The lowest BCUT2D eigenvalue weighted by molar-refractivity contribution is -0.387. The van der Waals surface area contributed by atoms with E-state index >= 15 is 0 Å². The molecule has 10 heteroatoms. The molecule has 1 N–H and O–H groups in total. The van der Waals surface area contributed by atoms with Gasteiger partial charge in [0.15, 0.2) is 5.82 Å². The number of halogens is 1. The minimum absolute atomic E-state index is 0.0360. The van der Waals surface area contributed by atoms with Crippen molar-refractivity contribution < 1.29 is 24.2 Å². The van der Waals surface area contributed by atoms with E-state index in [1.807, 2.05) is 0 Å². The van der Waals surface area contributed by atoms with E-state index in [-0.39, 0.29) is 35.4 Å². The van der Waals surface area contributed by atoms with Crippen LogP contribution in [0.2, 0.25) is 0 Å². The molecular formula is C16H18BrN3O6. The fourth-order valence-electron chi connectivity index (χ4n) is 2.32. The largest absolute Gasteiger partial charge is 0.481 e. The third-order valence-corrected chi connectivity index (χ3v) is 3.94. The number of aliphatic hydroxyl groups excluding tert-OH is 1. The van der Waals surface area contributed by atoms with Crippen molar-refractivity contribution in [2.24, 2.45) is 0 Å². The van der Waals surface area contributed by atoms with Gasteiger partial charge in [-0.3, -0.25) is 10.1 Å². The average Bonchev–Trinajstić information content (AvgIpc) is 2.64. The van der Waals surface area contributed by atoms with Crippen LogP contribution in [-0.2, 0) is 11.3 Å². The molecule has 0 aliphatic rings. The molecule has 1 atom stereocenters. The van der Waals surface area contributed by atoms with Gasteiger partial charge in [0.25, 0.3) is 5.69 Å². The summed E-state index contributed by atoms with van der Waals surface area (Å²) in [5.74, 6) is 0.251. The number of aromatic nitrogens is 2. The molecule has 140 valence electrons. The second kappa shape index (κ2) is 8.88. The van der Waals surface area contributed by atoms with Gasteiger partial charge in [0.05, 0.1) is 42.9 Å². The van der Waals surface area contributed by atoms with E-state index in [4.69, 9.17) is 14.2 Å². The van der Waals surface area contributed by atoms with E-state index in [1.54, 1.807) is 13.0 Å². The fourth-order valence-corrected chi connectivity index (χ4v) is 2.85. The van der Waals surface area contributed by atoms with E-state index < -0.39 is 11.0 Å². The topological polar surface area (TPSA) is 117 Å². The Hall–Kier alpha value is -2.30. The van der Waals surface area contributed by atoms with Crippen LogP contribution in [0.4, 0.5) is 5.69 Å². The maximum Gasteiger partial charge on any atom is 0.281 e. The molecule has 9 nitrogen and oxygen atoms in total. The molecule has 0 spiro atoms. The summed E-state index contributed by atoms with van der Waals surface area (Å²) in [7, 11) is 2.80. The van der Waals surface area contributed by atoms with Crippen LogP contribution in [0.5, 0.6) is 11.8 Å². The monoisotopic (exact) mass is 427 g/mol. The molecule has 0 aliphatic carbocycles. The van der Waals surface area contributed by atoms with Gasteiger partial charge in [-0.15, -0.1) is 0 Å². The van der Waals surface area contributed by atoms with Crippen LogP contribution < -0.4 is 9.47 Å². The Morgan fingerprint density at radius 2 is 1.85 bits per heavy atom. The molecule has 0 radical (unpaired) electrons. The van der Waals surface area contributed by atoms with Crippen LogP contribution in [0, 0.1) is 10.1 Å². The Kier molecular flexibility index (Phi) is 6.83. The summed E-state index contributed by atoms with van der Waals surface area (Å²) in [5.41, 5.74) is 0.115. The molecule has 0 fully saturated rings.